The molecule has 0 radical (unpaired) electrons. The topological polar surface area (TPSA) is 70.5 Å². The summed E-state index contributed by atoms with van der Waals surface area (Å²) < 4.78 is 41.8. The molecule has 9 heteroatoms. The van der Waals surface area contributed by atoms with E-state index in [4.69, 9.17) is 0 Å². The number of hydrogen-bond acceptors (Lipinski definition) is 3. The fraction of sp³-hybridized carbons (Fsp3) is 0.316. The molecule has 28 heavy (non-hydrogen) atoms. The van der Waals surface area contributed by atoms with Gasteiger partial charge in [0.1, 0.15) is 5.69 Å². The van der Waals surface area contributed by atoms with Gasteiger partial charge in [-0.05, 0) is 12.5 Å². The van der Waals surface area contributed by atoms with Crippen molar-refractivity contribution in [1.29, 1.82) is 0 Å². The van der Waals surface area contributed by atoms with E-state index in [0.29, 0.717) is 17.8 Å². The summed E-state index contributed by atoms with van der Waals surface area (Å²) in [4.78, 5) is 30.2. The van der Waals surface area contributed by atoms with Gasteiger partial charge in [0.25, 0.3) is 5.56 Å². The molecule has 1 saturated heterocycles. The molecule has 1 aliphatic heterocycles. The monoisotopic (exact) mass is 390 g/mol. The van der Waals surface area contributed by atoms with Crippen molar-refractivity contribution in [2.75, 3.05) is 13.6 Å². The number of halogens is 3. The second kappa shape index (κ2) is 6.22. The smallest absolute Gasteiger partial charge is 0.345 e. The average Bonchev–Trinajstić information content (AvgIpc) is 3.17. The van der Waals surface area contributed by atoms with Crippen LogP contribution in [0.2, 0.25) is 0 Å². The number of carbonyl (C=O) groups excluding carboxylic acids is 1. The van der Waals surface area contributed by atoms with E-state index < -0.39 is 17.4 Å². The van der Waals surface area contributed by atoms with E-state index in [0.717, 1.165) is 10.1 Å². The normalized spacial score (nSPS) is 17.7. The minimum atomic E-state index is -4.69. The molecule has 1 N–H and O–H groups in total. The molecule has 2 aromatic heterocycles. The maximum atomic E-state index is 13.7. The minimum Gasteiger partial charge on any atom is -0.345 e. The number of H-pyrrole nitrogens is 1. The molecule has 6 nitrogen and oxygen atoms in total. The van der Waals surface area contributed by atoms with Gasteiger partial charge in [0.05, 0.1) is 11.3 Å². The molecule has 0 saturated carbocycles. The van der Waals surface area contributed by atoms with Crippen molar-refractivity contribution < 1.29 is 18.0 Å². The summed E-state index contributed by atoms with van der Waals surface area (Å²) in [6.07, 6.45) is -4.51. The zero-order valence-electron chi connectivity index (χ0n) is 15.2. The molecule has 3 aromatic rings. The Labute approximate surface area is 157 Å². The van der Waals surface area contributed by atoms with Crippen LogP contribution in [0.5, 0.6) is 0 Å². The third-order valence-corrected chi connectivity index (χ3v) is 5.02. The van der Waals surface area contributed by atoms with Crippen molar-refractivity contribution in [3.8, 4) is 11.1 Å². The van der Waals surface area contributed by atoms with E-state index in [1.807, 2.05) is 6.92 Å². The molecule has 146 valence electrons. The van der Waals surface area contributed by atoms with E-state index in [1.54, 1.807) is 31.3 Å². The highest BCUT2D eigenvalue weighted by atomic mass is 19.4. The summed E-state index contributed by atoms with van der Waals surface area (Å²) in [5, 5.41) is 2.16. The number of aromatic amines is 1. The van der Waals surface area contributed by atoms with Gasteiger partial charge in [-0.3, -0.25) is 14.7 Å². The fourth-order valence-electron chi connectivity index (χ4n) is 3.52. The van der Waals surface area contributed by atoms with Gasteiger partial charge in [-0.15, -0.1) is 0 Å². The Morgan fingerprint density at radius 3 is 2.43 bits per heavy atom. The molecule has 4 rings (SSSR count). The van der Waals surface area contributed by atoms with Crippen molar-refractivity contribution in [3.63, 3.8) is 0 Å². The van der Waals surface area contributed by atoms with Gasteiger partial charge in [0.2, 0.25) is 5.91 Å². The number of rotatable bonds is 2. The van der Waals surface area contributed by atoms with Crippen molar-refractivity contribution >= 4 is 11.6 Å². The number of carbonyl (C=O) groups is 1. The Balaban J connectivity index is 1.98. The summed E-state index contributed by atoms with van der Waals surface area (Å²) in [6, 6.07) is 7.73. The first kappa shape index (κ1) is 18.3. The number of aromatic nitrogens is 3. The Kier molecular flexibility index (Phi) is 4.06. The third kappa shape index (κ3) is 2.96. The summed E-state index contributed by atoms with van der Waals surface area (Å²) in [6.45, 7) is 2.20. The van der Waals surface area contributed by atoms with Gasteiger partial charge in [0.15, 0.2) is 5.65 Å². The number of benzene rings is 1. The van der Waals surface area contributed by atoms with Crippen LogP contribution in [0.3, 0.4) is 0 Å². The summed E-state index contributed by atoms with van der Waals surface area (Å²) in [5.74, 6) is -0.416. The minimum absolute atomic E-state index is 0.0872. The van der Waals surface area contributed by atoms with E-state index in [2.05, 4.69) is 10.1 Å². The third-order valence-electron chi connectivity index (χ3n) is 5.02. The molecule has 1 aromatic carbocycles. The molecule has 1 fully saturated rings. The van der Waals surface area contributed by atoms with Crippen LogP contribution in [0.4, 0.5) is 13.2 Å². The number of alkyl halides is 3. The highest BCUT2D eigenvalue weighted by molar-refractivity contribution is 5.81. The van der Waals surface area contributed by atoms with Crippen molar-refractivity contribution in [1.82, 2.24) is 19.5 Å². The van der Waals surface area contributed by atoms with Gasteiger partial charge in [0, 0.05) is 32.0 Å². The highest BCUT2D eigenvalue weighted by Crippen LogP contribution is 2.38. The number of fused-ring (bicyclic) bond motifs is 1. The summed E-state index contributed by atoms with van der Waals surface area (Å²) in [5.41, 5.74) is -0.423. The summed E-state index contributed by atoms with van der Waals surface area (Å²) >= 11 is 0. The zero-order valence-corrected chi connectivity index (χ0v) is 15.2. The van der Waals surface area contributed by atoms with Gasteiger partial charge in [-0.2, -0.15) is 13.2 Å². The number of hydrogen-bond donors (Lipinski definition) is 1. The van der Waals surface area contributed by atoms with Crippen LogP contribution in [0.1, 0.15) is 29.3 Å². The molecule has 0 bridgehead atoms. The Morgan fingerprint density at radius 1 is 1.18 bits per heavy atom. The average molecular weight is 390 g/mol. The van der Waals surface area contributed by atoms with Gasteiger partial charge >= 0.3 is 6.18 Å². The Bertz CT molecular complexity index is 1130. The molecule has 1 amide bonds. The van der Waals surface area contributed by atoms with Crippen molar-refractivity contribution in [2.24, 2.45) is 0 Å². The second-order valence-electron chi connectivity index (χ2n) is 7.08. The molecule has 1 atom stereocenters. The lowest BCUT2D eigenvalue weighted by Crippen LogP contribution is -2.20. The molecule has 1 aliphatic rings. The van der Waals surface area contributed by atoms with E-state index in [1.165, 1.54) is 11.0 Å². The lowest BCUT2D eigenvalue weighted by molar-refractivity contribution is -0.140. The molecule has 0 spiro atoms. The lowest BCUT2D eigenvalue weighted by Gasteiger charge is -2.10. The largest absolute Gasteiger partial charge is 0.433 e. The Hall–Kier alpha value is -3.10. The van der Waals surface area contributed by atoms with Crippen LogP contribution in [0.25, 0.3) is 16.8 Å². The van der Waals surface area contributed by atoms with E-state index in [-0.39, 0.29) is 29.5 Å². The number of nitrogens with one attached hydrogen (secondary N) is 1. The van der Waals surface area contributed by atoms with Crippen LogP contribution in [0.15, 0.2) is 35.1 Å². The maximum absolute atomic E-state index is 13.7. The first-order valence-corrected chi connectivity index (χ1v) is 8.69. The number of nitrogens with zero attached hydrogens (tertiary/aromatic N) is 3. The number of amides is 1. The molecule has 0 unspecified atom stereocenters. The van der Waals surface area contributed by atoms with Crippen molar-refractivity contribution in [2.45, 2.75) is 25.4 Å². The van der Waals surface area contributed by atoms with Gasteiger partial charge < -0.3 is 4.90 Å². The molecular weight excluding hydrogens is 373 g/mol. The van der Waals surface area contributed by atoms with Crippen LogP contribution in [0, 0.1) is 6.92 Å². The number of likely N-dealkylation sites (N-methyl/N-ethyl adjacent to an activating group) is 1. The maximum Gasteiger partial charge on any atom is 0.433 e. The standard InChI is InChI=1S/C19H17F3N4O2/c1-10-3-5-11(6-4-10)16-17(19(20,21)22)24-26-15(28)8-13(23-18(16)26)12-7-14(27)25(2)9-12/h3-6,8,12,24H,7,9H2,1-2H3/t12-/m0/s1. The zero-order chi connectivity index (χ0) is 20.2. The predicted molar refractivity (Wildman–Crippen MR) is 96.0 cm³/mol. The number of likely N-dealkylation sites (tertiary alicyclic amines) is 1. The fourth-order valence-corrected chi connectivity index (χ4v) is 3.52. The first-order valence-electron chi connectivity index (χ1n) is 8.69. The van der Waals surface area contributed by atoms with Gasteiger partial charge in [-0.1, -0.05) is 29.8 Å². The number of aryl methyl sites for hydroxylation is 1. The Morgan fingerprint density at radius 2 is 1.86 bits per heavy atom. The SMILES string of the molecule is Cc1ccc(-c2c(C(F)(F)F)[nH]n3c(=O)cc([C@H]4CC(=O)N(C)C4)nc23)cc1. The molecule has 0 aliphatic carbocycles. The first-order chi connectivity index (χ1) is 13.1. The lowest BCUT2D eigenvalue weighted by atomic mass is 10.0. The highest BCUT2D eigenvalue weighted by Gasteiger charge is 2.38. The second-order valence-corrected chi connectivity index (χ2v) is 7.08. The summed E-state index contributed by atoms with van der Waals surface area (Å²) in [7, 11) is 1.64. The van der Waals surface area contributed by atoms with Crippen LogP contribution in [-0.2, 0) is 11.0 Å². The van der Waals surface area contributed by atoms with Gasteiger partial charge in [-0.25, -0.2) is 9.50 Å². The quantitative estimate of drug-likeness (QED) is 0.731. The predicted octanol–water partition coefficient (Wildman–Crippen LogP) is 2.96. The molecule has 3 heterocycles. The van der Waals surface area contributed by atoms with E-state index in [9.17, 15) is 22.8 Å². The van der Waals surface area contributed by atoms with E-state index >= 15 is 0 Å². The van der Waals surface area contributed by atoms with Crippen LogP contribution < -0.4 is 5.56 Å². The van der Waals surface area contributed by atoms with Crippen LogP contribution >= 0.6 is 0 Å². The molecular formula is C19H17F3N4O2. The van der Waals surface area contributed by atoms with Crippen molar-refractivity contribution in [3.05, 3.63) is 57.6 Å². The van der Waals surface area contributed by atoms with Crippen LogP contribution in [-0.4, -0.2) is 39.0 Å².